The second kappa shape index (κ2) is 4.42. The molecule has 0 bridgehead atoms. The van der Waals surface area contributed by atoms with Crippen molar-refractivity contribution < 1.29 is 14.6 Å². The topological polar surface area (TPSA) is 46.5 Å². The molecule has 0 aliphatic carbocycles. The van der Waals surface area contributed by atoms with E-state index in [4.69, 9.17) is 4.74 Å². The van der Waals surface area contributed by atoms with Gasteiger partial charge < -0.3 is 9.84 Å². The molecule has 0 fully saturated rings. The Balaban J connectivity index is 4.29. The molecule has 0 aromatic carbocycles. The lowest BCUT2D eigenvalue weighted by Gasteiger charge is -2.21. The smallest absolute Gasteiger partial charge is 0.339 e. The summed E-state index contributed by atoms with van der Waals surface area (Å²) >= 11 is 0. The highest BCUT2D eigenvalue weighted by atomic mass is 16.6. The molecule has 0 amide bonds. The van der Waals surface area contributed by atoms with Gasteiger partial charge >= 0.3 is 5.97 Å². The lowest BCUT2D eigenvalue weighted by Crippen LogP contribution is -2.32. The Morgan fingerprint density at radius 1 is 1.46 bits per heavy atom. The fourth-order valence-electron chi connectivity index (χ4n) is 0.701. The predicted molar refractivity (Wildman–Crippen MR) is 51.3 cm³/mol. The Morgan fingerprint density at radius 3 is 2.23 bits per heavy atom. The summed E-state index contributed by atoms with van der Waals surface area (Å²) in [4.78, 5) is 11.2. The second-order valence-corrected chi connectivity index (χ2v) is 3.97. The fourth-order valence-corrected chi connectivity index (χ4v) is 0.701. The molecule has 0 saturated carbocycles. The standard InChI is InChI=1S/C10H18O3/c1-6-7(2)8(11)9(12)13-10(3,4)5/h6,8,11H,1-5H3/b7-6+. The van der Waals surface area contributed by atoms with Gasteiger partial charge in [0.1, 0.15) is 5.60 Å². The summed E-state index contributed by atoms with van der Waals surface area (Å²) in [5, 5.41) is 9.41. The Hall–Kier alpha value is -0.830. The molecule has 1 N–H and O–H groups in total. The zero-order valence-corrected chi connectivity index (χ0v) is 8.92. The van der Waals surface area contributed by atoms with E-state index in [1.807, 2.05) is 0 Å². The second-order valence-electron chi connectivity index (χ2n) is 3.97. The molecule has 0 aliphatic heterocycles. The van der Waals surface area contributed by atoms with Gasteiger partial charge in [0.05, 0.1) is 0 Å². The van der Waals surface area contributed by atoms with Crippen molar-refractivity contribution >= 4 is 5.97 Å². The van der Waals surface area contributed by atoms with Crippen LogP contribution in [0.2, 0.25) is 0 Å². The maximum atomic E-state index is 11.2. The summed E-state index contributed by atoms with van der Waals surface area (Å²) in [7, 11) is 0. The van der Waals surface area contributed by atoms with Crippen molar-refractivity contribution in [2.24, 2.45) is 0 Å². The molecule has 1 unspecified atom stereocenters. The van der Waals surface area contributed by atoms with Crippen molar-refractivity contribution in [3.63, 3.8) is 0 Å². The Labute approximate surface area is 79.4 Å². The first-order valence-electron chi connectivity index (χ1n) is 4.31. The zero-order chi connectivity index (χ0) is 10.6. The summed E-state index contributed by atoms with van der Waals surface area (Å²) < 4.78 is 4.99. The van der Waals surface area contributed by atoms with Crippen LogP contribution in [0.4, 0.5) is 0 Å². The average molecular weight is 186 g/mol. The van der Waals surface area contributed by atoms with E-state index in [2.05, 4.69) is 0 Å². The number of aliphatic hydroxyl groups is 1. The number of carbonyl (C=O) groups excluding carboxylic acids is 1. The van der Waals surface area contributed by atoms with Gasteiger partial charge in [0.2, 0.25) is 0 Å². The van der Waals surface area contributed by atoms with E-state index in [9.17, 15) is 9.90 Å². The first kappa shape index (κ1) is 12.2. The van der Waals surface area contributed by atoms with Gasteiger partial charge in [-0.3, -0.25) is 0 Å². The molecule has 13 heavy (non-hydrogen) atoms. The van der Waals surface area contributed by atoms with E-state index in [1.54, 1.807) is 40.7 Å². The first-order chi connectivity index (χ1) is 5.78. The van der Waals surface area contributed by atoms with Gasteiger partial charge in [0, 0.05) is 0 Å². The van der Waals surface area contributed by atoms with Crippen LogP contribution < -0.4 is 0 Å². The Kier molecular flexibility index (Phi) is 4.14. The molecule has 0 heterocycles. The van der Waals surface area contributed by atoms with Crippen LogP contribution in [-0.4, -0.2) is 22.8 Å². The minimum atomic E-state index is -1.13. The maximum absolute atomic E-state index is 11.2. The molecule has 3 heteroatoms. The normalized spacial score (nSPS) is 15.4. The number of hydrogen-bond donors (Lipinski definition) is 1. The SMILES string of the molecule is C/C=C(\C)C(O)C(=O)OC(C)(C)C. The van der Waals surface area contributed by atoms with Gasteiger partial charge in [-0.05, 0) is 40.2 Å². The van der Waals surface area contributed by atoms with E-state index >= 15 is 0 Å². The molecule has 0 spiro atoms. The first-order valence-corrected chi connectivity index (χ1v) is 4.31. The van der Waals surface area contributed by atoms with Crippen LogP contribution in [0.1, 0.15) is 34.6 Å². The van der Waals surface area contributed by atoms with Crippen molar-refractivity contribution in [1.29, 1.82) is 0 Å². The van der Waals surface area contributed by atoms with Crippen LogP contribution in [0.3, 0.4) is 0 Å². The number of ether oxygens (including phenoxy) is 1. The molecular weight excluding hydrogens is 168 g/mol. The third-order valence-electron chi connectivity index (χ3n) is 1.52. The van der Waals surface area contributed by atoms with E-state index in [0.29, 0.717) is 5.57 Å². The number of aliphatic hydroxyl groups excluding tert-OH is 1. The minimum absolute atomic E-state index is 0.550. The zero-order valence-electron chi connectivity index (χ0n) is 8.92. The Bertz CT molecular complexity index is 211. The van der Waals surface area contributed by atoms with Crippen LogP contribution in [0.5, 0.6) is 0 Å². The third-order valence-corrected chi connectivity index (χ3v) is 1.52. The highest BCUT2D eigenvalue weighted by Crippen LogP contribution is 2.11. The minimum Gasteiger partial charge on any atom is -0.458 e. The number of allylic oxidation sites excluding steroid dienone is 1. The number of hydrogen-bond acceptors (Lipinski definition) is 3. The van der Waals surface area contributed by atoms with E-state index in [-0.39, 0.29) is 0 Å². The third kappa shape index (κ3) is 4.68. The fraction of sp³-hybridized carbons (Fsp3) is 0.700. The average Bonchev–Trinajstić information content (AvgIpc) is 1.98. The maximum Gasteiger partial charge on any atom is 0.339 e. The van der Waals surface area contributed by atoms with Gasteiger partial charge in [-0.1, -0.05) is 6.08 Å². The van der Waals surface area contributed by atoms with E-state index in [1.165, 1.54) is 0 Å². The van der Waals surface area contributed by atoms with Crippen LogP contribution in [0.25, 0.3) is 0 Å². The van der Waals surface area contributed by atoms with Crippen LogP contribution in [0, 0.1) is 0 Å². The number of esters is 1. The summed E-state index contributed by atoms with van der Waals surface area (Å²) in [6.45, 7) is 8.76. The summed E-state index contributed by atoms with van der Waals surface area (Å²) in [5.74, 6) is -0.594. The molecule has 0 aliphatic rings. The van der Waals surface area contributed by atoms with Crippen molar-refractivity contribution in [2.45, 2.75) is 46.3 Å². The monoisotopic (exact) mass is 186 g/mol. The summed E-state index contributed by atoms with van der Waals surface area (Å²) in [5.41, 5.74) is 0.0563. The molecule has 0 aromatic rings. The van der Waals surface area contributed by atoms with E-state index in [0.717, 1.165) is 0 Å². The van der Waals surface area contributed by atoms with Crippen molar-refractivity contribution in [1.82, 2.24) is 0 Å². The van der Waals surface area contributed by atoms with Gasteiger partial charge in [-0.15, -0.1) is 0 Å². The van der Waals surface area contributed by atoms with Crippen molar-refractivity contribution in [3.05, 3.63) is 11.6 Å². The number of rotatable bonds is 2. The highest BCUT2D eigenvalue weighted by molar-refractivity contribution is 5.78. The van der Waals surface area contributed by atoms with Crippen molar-refractivity contribution in [3.8, 4) is 0 Å². The summed E-state index contributed by atoms with van der Waals surface area (Å²) in [6, 6.07) is 0. The summed E-state index contributed by atoms with van der Waals surface area (Å²) in [6.07, 6.45) is 0.554. The van der Waals surface area contributed by atoms with Crippen LogP contribution in [-0.2, 0) is 9.53 Å². The Morgan fingerprint density at radius 2 is 1.92 bits per heavy atom. The predicted octanol–water partition coefficient (Wildman–Crippen LogP) is 1.66. The molecule has 1 atom stereocenters. The molecule has 0 rings (SSSR count). The lowest BCUT2D eigenvalue weighted by molar-refractivity contribution is -0.162. The lowest BCUT2D eigenvalue weighted by atomic mass is 10.1. The van der Waals surface area contributed by atoms with Gasteiger partial charge in [-0.2, -0.15) is 0 Å². The molecule has 0 radical (unpaired) electrons. The molecule has 76 valence electrons. The van der Waals surface area contributed by atoms with Gasteiger partial charge in [0.15, 0.2) is 6.10 Å². The van der Waals surface area contributed by atoms with Crippen molar-refractivity contribution in [2.75, 3.05) is 0 Å². The highest BCUT2D eigenvalue weighted by Gasteiger charge is 2.23. The van der Waals surface area contributed by atoms with Gasteiger partial charge in [-0.25, -0.2) is 4.79 Å². The molecule has 3 nitrogen and oxygen atoms in total. The molecular formula is C10H18O3. The van der Waals surface area contributed by atoms with Gasteiger partial charge in [0.25, 0.3) is 0 Å². The van der Waals surface area contributed by atoms with Crippen LogP contribution >= 0.6 is 0 Å². The molecule has 0 saturated heterocycles. The molecule has 0 aromatic heterocycles. The quantitative estimate of drug-likeness (QED) is 0.527. The number of carbonyl (C=O) groups is 1. The van der Waals surface area contributed by atoms with Crippen LogP contribution in [0.15, 0.2) is 11.6 Å². The van der Waals surface area contributed by atoms with E-state index < -0.39 is 17.7 Å². The largest absolute Gasteiger partial charge is 0.458 e.